The monoisotopic (exact) mass is 404 g/mol. The molecular weight excluding hydrogens is 380 g/mol. The predicted molar refractivity (Wildman–Crippen MR) is 109 cm³/mol. The van der Waals surface area contributed by atoms with Crippen LogP contribution in [-0.4, -0.2) is 42.7 Å². The average molecular weight is 404 g/mol. The number of unbranched alkanes of at least 4 members (excludes halogenated alkanes) is 1. The number of fused-ring (bicyclic) bond motifs is 1. The highest BCUT2D eigenvalue weighted by molar-refractivity contribution is 7.99. The fourth-order valence-electron chi connectivity index (χ4n) is 2.77. The van der Waals surface area contributed by atoms with Gasteiger partial charge in [0.05, 0.1) is 6.54 Å². The number of benzene rings is 1. The third-order valence-corrected chi connectivity index (χ3v) is 5.34. The number of hydrogen-bond acceptors (Lipinski definition) is 6. The molecule has 0 fully saturated rings. The number of thioether (sulfide) groups is 1. The molecule has 0 aliphatic rings. The number of imidazole rings is 1. The van der Waals surface area contributed by atoms with E-state index >= 15 is 0 Å². The van der Waals surface area contributed by atoms with Gasteiger partial charge in [0.2, 0.25) is 0 Å². The number of nitrogens with zero attached hydrogens (tertiary/aromatic N) is 3. The summed E-state index contributed by atoms with van der Waals surface area (Å²) < 4.78 is 8.59. The number of aliphatic hydroxyl groups excluding tert-OH is 1. The molecule has 0 aliphatic carbocycles. The lowest BCUT2D eigenvalue weighted by molar-refractivity contribution is 0.0914. The predicted octanol–water partition coefficient (Wildman–Crippen LogP) is 1.76. The van der Waals surface area contributed by atoms with Gasteiger partial charge < -0.3 is 14.4 Å². The normalized spacial score (nSPS) is 12.4. The first-order chi connectivity index (χ1) is 13.5. The maximum absolute atomic E-state index is 12.4. The lowest BCUT2D eigenvalue weighted by Crippen LogP contribution is -2.30. The Balaban J connectivity index is 1.88. The van der Waals surface area contributed by atoms with Crippen molar-refractivity contribution in [2.45, 2.75) is 37.6 Å². The van der Waals surface area contributed by atoms with Gasteiger partial charge in [-0.1, -0.05) is 43.3 Å². The Hall–Kier alpha value is -2.52. The van der Waals surface area contributed by atoms with Gasteiger partial charge in [-0.3, -0.25) is 14.3 Å². The van der Waals surface area contributed by atoms with Crippen LogP contribution < -0.4 is 16.0 Å². The molecule has 28 heavy (non-hydrogen) atoms. The van der Waals surface area contributed by atoms with Crippen LogP contribution in [0.2, 0.25) is 0 Å². The minimum atomic E-state index is -0.847. The molecule has 0 bridgehead atoms. The third kappa shape index (κ3) is 4.48. The molecule has 3 rings (SSSR count). The van der Waals surface area contributed by atoms with Crippen LogP contribution >= 0.6 is 11.8 Å². The quantitative estimate of drug-likeness (QED) is 0.416. The molecule has 0 unspecified atom stereocenters. The minimum Gasteiger partial charge on any atom is -0.491 e. The number of aryl methyl sites for hydroxylation is 1. The molecule has 1 aromatic carbocycles. The number of H-pyrrole nitrogens is 1. The number of aromatic amines is 1. The summed E-state index contributed by atoms with van der Waals surface area (Å²) in [5.41, 5.74) is -0.437. The SMILES string of the molecule is CCCCSc1nc2c(c(=O)[nH]c(=O)n2C)n1C[C@H](O)COc1ccccc1. The number of aliphatic hydroxyl groups is 1. The molecule has 9 heteroatoms. The van der Waals surface area contributed by atoms with Crippen LogP contribution in [0.15, 0.2) is 45.1 Å². The lowest BCUT2D eigenvalue weighted by atomic mass is 10.3. The van der Waals surface area contributed by atoms with E-state index in [1.165, 1.54) is 16.3 Å². The second kappa shape index (κ2) is 9.11. The Morgan fingerprint density at radius 3 is 2.75 bits per heavy atom. The van der Waals surface area contributed by atoms with Crippen LogP contribution in [0.3, 0.4) is 0 Å². The van der Waals surface area contributed by atoms with Crippen molar-refractivity contribution < 1.29 is 9.84 Å². The molecule has 2 N–H and O–H groups in total. The summed E-state index contributed by atoms with van der Waals surface area (Å²) >= 11 is 1.51. The third-order valence-electron chi connectivity index (χ3n) is 4.28. The minimum absolute atomic E-state index is 0.0758. The zero-order chi connectivity index (χ0) is 20.1. The molecular formula is C19H24N4O4S. The van der Waals surface area contributed by atoms with Gasteiger partial charge in [0.15, 0.2) is 16.3 Å². The van der Waals surface area contributed by atoms with Gasteiger partial charge in [-0.15, -0.1) is 0 Å². The van der Waals surface area contributed by atoms with Crippen LogP contribution in [0.1, 0.15) is 19.8 Å². The van der Waals surface area contributed by atoms with E-state index < -0.39 is 17.4 Å². The zero-order valence-corrected chi connectivity index (χ0v) is 16.7. The largest absolute Gasteiger partial charge is 0.491 e. The van der Waals surface area contributed by atoms with Crippen molar-refractivity contribution >= 4 is 22.9 Å². The second-order valence-electron chi connectivity index (χ2n) is 6.48. The smallest absolute Gasteiger partial charge is 0.329 e. The van der Waals surface area contributed by atoms with Gasteiger partial charge in [0.1, 0.15) is 18.5 Å². The fraction of sp³-hybridized carbons (Fsp3) is 0.421. The van der Waals surface area contributed by atoms with Crippen molar-refractivity contribution in [2.75, 3.05) is 12.4 Å². The lowest BCUT2D eigenvalue weighted by Gasteiger charge is -2.15. The Labute approximate surface area is 166 Å². The van der Waals surface area contributed by atoms with E-state index in [0.29, 0.717) is 16.6 Å². The molecule has 0 radical (unpaired) electrons. The maximum atomic E-state index is 12.4. The summed E-state index contributed by atoms with van der Waals surface area (Å²) in [5.74, 6) is 1.50. The molecule has 0 saturated heterocycles. The first-order valence-corrected chi connectivity index (χ1v) is 10.2. The number of hydrogen-bond donors (Lipinski definition) is 2. The topological polar surface area (TPSA) is 102 Å². The highest BCUT2D eigenvalue weighted by atomic mass is 32.2. The van der Waals surface area contributed by atoms with Crippen LogP contribution in [0, 0.1) is 0 Å². The summed E-state index contributed by atoms with van der Waals surface area (Å²) in [6.45, 7) is 2.31. The fourth-order valence-corrected chi connectivity index (χ4v) is 3.86. The molecule has 0 amide bonds. The molecule has 8 nitrogen and oxygen atoms in total. The van der Waals surface area contributed by atoms with Gasteiger partial charge in [0, 0.05) is 12.8 Å². The standard InChI is InChI=1S/C19H24N4O4S/c1-3-4-10-28-19-20-16-15(17(25)21-18(26)22(16)2)23(19)11-13(24)12-27-14-8-6-5-7-9-14/h5-9,13,24H,3-4,10-12H2,1-2H3,(H,21,25,26)/t13-/m0/s1. The van der Waals surface area contributed by atoms with E-state index in [-0.39, 0.29) is 18.7 Å². The summed E-state index contributed by atoms with van der Waals surface area (Å²) in [7, 11) is 1.56. The number of aromatic nitrogens is 4. The van der Waals surface area contributed by atoms with E-state index in [0.717, 1.165) is 18.6 Å². The van der Waals surface area contributed by atoms with Crippen LogP contribution in [0.5, 0.6) is 5.75 Å². The zero-order valence-electron chi connectivity index (χ0n) is 15.9. The number of rotatable bonds is 9. The van der Waals surface area contributed by atoms with E-state index in [1.807, 2.05) is 30.3 Å². The average Bonchev–Trinajstić information content (AvgIpc) is 3.04. The summed E-state index contributed by atoms with van der Waals surface area (Å²) in [6.07, 6.45) is 1.20. The van der Waals surface area contributed by atoms with Gasteiger partial charge >= 0.3 is 5.69 Å². The molecule has 2 heterocycles. The van der Waals surface area contributed by atoms with Crippen molar-refractivity contribution in [3.8, 4) is 5.75 Å². The first kappa shape index (κ1) is 20.2. The summed E-state index contributed by atoms with van der Waals surface area (Å²) in [4.78, 5) is 31.1. The molecule has 150 valence electrons. The Morgan fingerprint density at radius 2 is 2.04 bits per heavy atom. The maximum Gasteiger partial charge on any atom is 0.329 e. The van der Waals surface area contributed by atoms with Crippen molar-refractivity contribution in [3.63, 3.8) is 0 Å². The molecule has 0 aliphatic heterocycles. The van der Waals surface area contributed by atoms with Crippen molar-refractivity contribution in [2.24, 2.45) is 7.05 Å². The molecule has 3 aromatic rings. The van der Waals surface area contributed by atoms with E-state index in [1.54, 1.807) is 11.6 Å². The van der Waals surface area contributed by atoms with Gasteiger partial charge in [-0.25, -0.2) is 9.78 Å². The highest BCUT2D eigenvalue weighted by Gasteiger charge is 2.20. The Morgan fingerprint density at radius 1 is 1.29 bits per heavy atom. The van der Waals surface area contributed by atoms with Crippen molar-refractivity contribution in [1.29, 1.82) is 0 Å². The van der Waals surface area contributed by atoms with Crippen LogP contribution in [0.25, 0.3) is 11.2 Å². The molecule has 0 spiro atoms. The van der Waals surface area contributed by atoms with Gasteiger partial charge in [0.25, 0.3) is 5.56 Å². The van der Waals surface area contributed by atoms with Gasteiger partial charge in [-0.2, -0.15) is 0 Å². The van der Waals surface area contributed by atoms with Crippen LogP contribution in [0.4, 0.5) is 0 Å². The second-order valence-corrected chi connectivity index (χ2v) is 7.54. The number of ether oxygens (including phenoxy) is 1. The van der Waals surface area contributed by atoms with E-state index in [2.05, 4.69) is 16.9 Å². The summed E-state index contributed by atoms with van der Waals surface area (Å²) in [6, 6.07) is 9.22. The van der Waals surface area contributed by atoms with Gasteiger partial charge in [-0.05, 0) is 18.6 Å². The first-order valence-electron chi connectivity index (χ1n) is 9.19. The summed E-state index contributed by atoms with van der Waals surface area (Å²) in [5, 5.41) is 11.1. The molecule has 0 saturated carbocycles. The highest BCUT2D eigenvalue weighted by Crippen LogP contribution is 2.23. The Kier molecular flexibility index (Phi) is 6.58. The number of nitrogens with one attached hydrogen (secondary N) is 1. The van der Waals surface area contributed by atoms with Crippen molar-refractivity contribution in [3.05, 3.63) is 51.2 Å². The molecule has 2 aromatic heterocycles. The van der Waals surface area contributed by atoms with E-state index in [9.17, 15) is 14.7 Å². The van der Waals surface area contributed by atoms with E-state index in [4.69, 9.17) is 4.74 Å². The number of para-hydroxylation sites is 1. The molecule has 1 atom stereocenters. The Bertz CT molecular complexity index is 1040. The van der Waals surface area contributed by atoms with Crippen molar-refractivity contribution in [1.82, 2.24) is 19.1 Å². The van der Waals surface area contributed by atoms with Crippen LogP contribution in [-0.2, 0) is 13.6 Å².